The van der Waals surface area contributed by atoms with Gasteiger partial charge in [0, 0.05) is 16.5 Å². The first-order valence-electron chi connectivity index (χ1n) is 6.86. The predicted octanol–water partition coefficient (Wildman–Crippen LogP) is 2.08. The van der Waals surface area contributed by atoms with E-state index in [1.165, 1.54) is 18.2 Å². The Morgan fingerprint density at radius 2 is 2.00 bits per heavy atom. The van der Waals surface area contributed by atoms with E-state index >= 15 is 0 Å². The summed E-state index contributed by atoms with van der Waals surface area (Å²) in [5, 5.41) is 13.2. The Labute approximate surface area is 137 Å². The molecule has 1 aromatic heterocycles. The van der Waals surface area contributed by atoms with Crippen molar-refractivity contribution >= 4 is 29.2 Å². The summed E-state index contributed by atoms with van der Waals surface area (Å²) in [5.74, 6) is -0.193. The van der Waals surface area contributed by atoms with Crippen molar-refractivity contribution < 1.29 is 19.5 Å². The number of nitrogens with one attached hydrogen (secondary N) is 2. The molecule has 0 radical (unpaired) electrons. The lowest BCUT2D eigenvalue weighted by molar-refractivity contribution is -0.116. The molecule has 120 valence electrons. The van der Waals surface area contributed by atoms with Gasteiger partial charge in [-0.05, 0) is 41.8 Å². The highest BCUT2D eigenvalue weighted by atomic mass is 32.1. The number of hydrogen-bond acceptors (Lipinski definition) is 5. The number of carbonyl (C=O) groups excluding carboxylic acids is 2. The third-order valence-electron chi connectivity index (χ3n) is 2.83. The molecule has 0 unspecified atom stereocenters. The Morgan fingerprint density at radius 3 is 2.65 bits per heavy atom. The molecule has 2 rings (SSSR count). The SMILES string of the molecule is O=C(/C=C/c1cccs1)NCCOc1ccc(C(=O)NO)cc1. The van der Waals surface area contributed by atoms with Crippen LogP contribution in [0.1, 0.15) is 15.2 Å². The first-order chi connectivity index (χ1) is 11.2. The van der Waals surface area contributed by atoms with Gasteiger partial charge in [-0.3, -0.25) is 14.8 Å². The van der Waals surface area contributed by atoms with Gasteiger partial charge in [0.15, 0.2) is 0 Å². The fourth-order valence-electron chi connectivity index (χ4n) is 1.71. The fraction of sp³-hybridized carbons (Fsp3) is 0.125. The first kappa shape index (κ1) is 16.7. The van der Waals surface area contributed by atoms with Crippen molar-refractivity contribution in [1.82, 2.24) is 10.8 Å². The summed E-state index contributed by atoms with van der Waals surface area (Å²) in [6.45, 7) is 0.677. The highest BCUT2D eigenvalue weighted by Crippen LogP contribution is 2.12. The second-order valence-electron chi connectivity index (χ2n) is 4.45. The predicted molar refractivity (Wildman–Crippen MR) is 87.6 cm³/mol. The molecule has 0 aliphatic rings. The van der Waals surface area contributed by atoms with Gasteiger partial charge in [0.2, 0.25) is 5.91 Å². The average Bonchev–Trinajstić information content (AvgIpc) is 3.10. The molecule has 7 heteroatoms. The zero-order valence-electron chi connectivity index (χ0n) is 12.2. The van der Waals surface area contributed by atoms with Crippen LogP contribution in [0, 0.1) is 0 Å². The fourth-order valence-corrected chi connectivity index (χ4v) is 2.33. The summed E-state index contributed by atoms with van der Waals surface area (Å²) in [6.07, 6.45) is 3.24. The third kappa shape index (κ3) is 5.57. The van der Waals surface area contributed by atoms with E-state index in [4.69, 9.17) is 9.94 Å². The molecule has 2 aromatic rings. The van der Waals surface area contributed by atoms with Crippen molar-refractivity contribution in [3.05, 3.63) is 58.3 Å². The molecular formula is C16H16N2O4S. The molecule has 0 saturated carbocycles. The Morgan fingerprint density at radius 1 is 1.22 bits per heavy atom. The Bertz CT molecular complexity index is 666. The minimum absolute atomic E-state index is 0.183. The number of ether oxygens (including phenoxy) is 1. The van der Waals surface area contributed by atoms with Gasteiger partial charge in [-0.2, -0.15) is 0 Å². The zero-order valence-corrected chi connectivity index (χ0v) is 13.0. The van der Waals surface area contributed by atoms with Crippen LogP contribution >= 0.6 is 11.3 Å². The molecular weight excluding hydrogens is 316 g/mol. The quantitative estimate of drug-likeness (QED) is 0.313. The van der Waals surface area contributed by atoms with Crippen molar-refractivity contribution in [3.8, 4) is 5.75 Å². The average molecular weight is 332 g/mol. The summed E-state index contributed by atoms with van der Waals surface area (Å²) in [4.78, 5) is 23.8. The van der Waals surface area contributed by atoms with Crippen LogP contribution in [0.15, 0.2) is 47.9 Å². The molecule has 1 heterocycles. The molecule has 0 fully saturated rings. The molecule has 6 nitrogen and oxygen atoms in total. The number of hydrogen-bond donors (Lipinski definition) is 3. The highest BCUT2D eigenvalue weighted by molar-refractivity contribution is 7.10. The highest BCUT2D eigenvalue weighted by Gasteiger charge is 2.03. The summed E-state index contributed by atoms with van der Waals surface area (Å²) >= 11 is 1.56. The van der Waals surface area contributed by atoms with Crippen LogP contribution in [0.3, 0.4) is 0 Å². The molecule has 2 amide bonds. The lowest BCUT2D eigenvalue weighted by Crippen LogP contribution is -2.26. The Hall–Kier alpha value is -2.64. The van der Waals surface area contributed by atoms with Crippen molar-refractivity contribution in [3.63, 3.8) is 0 Å². The van der Waals surface area contributed by atoms with E-state index in [-0.39, 0.29) is 5.91 Å². The number of thiophene rings is 1. The van der Waals surface area contributed by atoms with Crippen LogP contribution in [0.5, 0.6) is 5.75 Å². The smallest absolute Gasteiger partial charge is 0.274 e. The van der Waals surface area contributed by atoms with Gasteiger partial charge in [0.25, 0.3) is 5.91 Å². The zero-order chi connectivity index (χ0) is 16.5. The molecule has 1 aromatic carbocycles. The van der Waals surface area contributed by atoms with E-state index in [1.54, 1.807) is 35.0 Å². The summed E-state index contributed by atoms with van der Waals surface area (Å²) in [7, 11) is 0. The van der Waals surface area contributed by atoms with Crippen LogP contribution < -0.4 is 15.5 Å². The van der Waals surface area contributed by atoms with E-state index < -0.39 is 5.91 Å². The topological polar surface area (TPSA) is 87.7 Å². The van der Waals surface area contributed by atoms with Crippen LogP contribution in [0.4, 0.5) is 0 Å². The molecule has 3 N–H and O–H groups in total. The molecule has 23 heavy (non-hydrogen) atoms. The van der Waals surface area contributed by atoms with Crippen molar-refractivity contribution in [1.29, 1.82) is 0 Å². The number of amides is 2. The van der Waals surface area contributed by atoms with E-state index in [9.17, 15) is 9.59 Å². The Balaban J connectivity index is 1.68. The summed E-state index contributed by atoms with van der Waals surface area (Å²) < 4.78 is 5.44. The van der Waals surface area contributed by atoms with E-state index in [0.717, 1.165) is 4.88 Å². The maximum absolute atomic E-state index is 11.6. The largest absolute Gasteiger partial charge is 0.492 e. The molecule has 0 bridgehead atoms. The van der Waals surface area contributed by atoms with Crippen LogP contribution in [-0.2, 0) is 4.79 Å². The van der Waals surface area contributed by atoms with Gasteiger partial charge in [0.05, 0.1) is 6.54 Å². The molecule has 0 saturated heterocycles. The van der Waals surface area contributed by atoms with Gasteiger partial charge < -0.3 is 10.1 Å². The molecule has 0 aliphatic heterocycles. The van der Waals surface area contributed by atoms with Crippen LogP contribution in [-0.4, -0.2) is 30.2 Å². The lowest BCUT2D eigenvalue weighted by atomic mass is 10.2. The van der Waals surface area contributed by atoms with Gasteiger partial charge in [-0.1, -0.05) is 6.07 Å². The van der Waals surface area contributed by atoms with E-state index in [1.807, 2.05) is 17.5 Å². The lowest BCUT2D eigenvalue weighted by Gasteiger charge is -2.07. The van der Waals surface area contributed by atoms with E-state index in [0.29, 0.717) is 24.5 Å². The molecule has 0 spiro atoms. The van der Waals surface area contributed by atoms with Crippen LogP contribution in [0.25, 0.3) is 6.08 Å². The first-order valence-corrected chi connectivity index (χ1v) is 7.74. The van der Waals surface area contributed by atoms with Crippen LogP contribution in [0.2, 0.25) is 0 Å². The second kappa shape index (κ2) is 8.72. The maximum Gasteiger partial charge on any atom is 0.274 e. The minimum Gasteiger partial charge on any atom is -0.492 e. The number of rotatable bonds is 7. The molecule has 0 atom stereocenters. The van der Waals surface area contributed by atoms with Gasteiger partial charge in [0.1, 0.15) is 12.4 Å². The number of benzene rings is 1. The molecule has 0 aliphatic carbocycles. The monoisotopic (exact) mass is 332 g/mol. The number of hydroxylamine groups is 1. The second-order valence-corrected chi connectivity index (χ2v) is 5.43. The summed E-state index contributed by atoms with van der Waals surface area (Å²) in [5.41, 5.74) is 1.88. The minimum atomic E-state index is -0.582. The normalized spacial score (nSPS) is 10.5. The van der Waals surface area contributed by atoms with Gasteiger partial charge in [-0.25, -0.2) is 5.48 Å². The third-order valence-corrected chi connectivity index (χ3v) is 3.67. The van der Waals surface area contributed by atoms with Crippen molar-refractivity contribution in [2.24, 2.45) is 0 Å². The summed E-state index contributed by atoms with van der Waals surface area (Å²) in [6, 6.07) is 10.1. The maximum atomic E-state index is 11.6. The van der Waals surface area contributed by atoms with Crippen molar-refractivity contribution in [2.75, 3.05) is 13.2 Å². The number of carbonyl (C=O) groups is 2. The van der Waals surface area contributed by atoms with Gasteiger partial charge in [-0.15, -0.1) is 11.3 Å². The standard InChI is InChI=1S/C16H16N2O4S/c19-15(8-7-14-2-1-11-23-14)17-9-10-22-13-5-3-12(4-6-13)16(20)18-21/h1-8,11,21H,9-10H2,(H,17,19)(H,18,20)/b8-7+. The van der Waals surface area contributed by atoms with E-state index in [2.05, 4.69) is 5.32 Å². The van der Waals surface area contributed by atoms with Crippen molar-refractivity contribution in [2.45, 2.75) is 0 Å². The Kier molecular flexibility index (Phi) is 6.34. The van der Waals surface area contributed by atoms with Gasteiger partial charge >= 0.3 is 0 Å².